The lowest BCUT2D eigenvalue weighted by molar-refractivity contribution is 0.214. The summed E-state index contributed by atoms with van der Waals surface area (Å²) in [7, 11) is 0. The Bertz CT molecular complexity index is 859. The molecule has 3 nitrogen and oxygen atoms in total. The topological polar surface area (TPSA) is 38.7 Å². The van der Waals surface area contributed by atoms with Crippen molar-refractivity contribution >= 4 is 0 Å². The van der Waals surface area contributed by atoms with E-state index in [1.165, 1.54) is 0 Å². The van der Waals surface area contributed by atoms with E-state index in [0.29, 0.717) is 12.4 Å². The first-order chi connectivity index (χ1) is 12.2. The Labute approximate surface area is 147 Å². The van der Waals surface area contributed by atoms with E-state index in [-0.39, 0.29) is 17.8 Å². The molecule has 4 rings (SSSR count). The molecule has 2 atom stereocenters. The number of phenolic OH excluding ortho intramolecular Hbond substituents is 1. The number of phenols is 1. The first-order valence-corrected chi connectivity index (χ1v) is 8.47. The minimum absolute atomic E-state index is 0.0417. The van der Waals surface area contributed by atoms with Crippen molar-refractivity contribution in [3.05, 3.63) is 89.5 Å². The molecule has 0 aliphatic carbocycles. The first-order valence-electron chi connectivity index (χ1n) is 8.47. The Morgan fingerprint density at radius 2 is 1.64 bits per heavy atom. The van der Waals surface area contributed by atoms with Crippen molar-refractivity contribution in [3.63, 3.8) is 0 Å². The number of benzene rings is 3. The molecule has 3 aromatic rings. The van der Waals surface area contributed by atoms with E-state index in [2.05, 4.69) is 19.1 Å². The van der Waals surface area contributed by atoms with Crippen LogP contribution in [0.15, 0.2) is 72.8 Å². The van der Waals surface area contributed by atoms with Gasteiger partial charge >= 0.3 is 0 Å². The smallest absolute Gasteiger partial charge is 0.165 e. The van der Waals surface area contributed by atoms with Gasteiger partial charge in [-0.1, -0.05) is 67.6 Å². The second-order valence-electron chi connectivity index (χ2n) is 6.37. The van der Waals surface area contributed by atoms with Gasteiger partial charge in [-0.15, -0.1) is 0 Å². The number of rotatable bonds is 4. The minimum atomic E-state index is -0.0417. The van der Waals surface area contributed by atoms with Gasteiger partial charge in [0.25, 0.3) is 0 Å². The van der Waals surface area contributed by atoms with E-state index in [1.807, 2.05) is 48.5 Å². The molecule has 0 spiro atoms. The summed E-state index contributed by atoms with van der Waals surface area (Å²) in [5.74, 6) is 1.55. The fourth-order valence-electron chi connectivity index (χ4n) is 3.28. The largest absolute Gasteiger partial charge is 0.504 e. The average Bonchev–Trinajstić information content (AvgIpc) is 2.97. The van der Waals surface area contributed by atoms with Crippen LogP contribution in [0.3, 0.4) is 0 Å². The fourth-order valence-corrected chi connectivity index (χ4v) is 3.28. The molecule has 1 N–H and O–H groups in total. The van der Waals surface area contributed by atoms with Crippen LogP contribution in [0, 0.1) is 0 Å². The molecule has 0 bridgehead atoms. The van der Waals surface area contributed by atoms with Crippen molar-refractivity contribution in [2.75, 3.05) is 0 Å². The molecule has 0 saturated heterocycles. The zero-order valence-corrected chi connectivity index (χ0v) is 14.1. The van der Waals surface area contributed by atoms with Crippen LogP contribution in [0.1, 0.15) is 35.6 Å². The maximum atomic E-state index is 10.3. The van der Waals surface area contributed by atoms with Crippen molar-refractivity contribution in [1.29, 1.82) is 0 Å². The molecular weight excluding hydrogens is 312 g/mol. The van der Waals surface area contributed by atoms with Crippen LogP contribution in [0.5, 0.6) is 17.2 Å². The van der Waals surface area contributed by atoms with Gasteiger partial charge in [0, 0.05) is 17.5 Å². The van der Waals surface area contributed by atoms with E-state index in [1.54, 1.807) is 12.1 Å². The van der Waals surface area contributed by atoms with Crippen LogP contribution in [0.25, 0.3) is 0 Å². The SMILES string of the molecule is C[C@H]1c2cc(O)c(OCc3ccccc3)cc2O[C@@H]1c1ccccc1. The van der Waals surface area contributed by atoms with Gasteiger partial charge in [-0.05, 0) is 17.2 Å². The van der Waals surface area contributed by atoms with Crippen molar-refractivity contribution in [2.24, 2.45) is 0 Å². The first kappa shape index (κ1) is 15.6. The minimum Gasteiger partial charge on any atom is -0.504 e. The lowest BCUT2D eigenvalue weighted by Gasteiger charge is -2.15. The summed E-state index contributed by atoms with van der Waals surface area (Å²) < 4.78 is 12.0. The predicted octanol–water partition coefficient (Wildman–Crippen LogP) is 5.21. The normalized spacial score (nSPS) is 18.4. The summed E-state index contributed by atoms with van der Waals surface area (Å²) in [6, 6.07) is 23.6. The van der Waals surface area contributed by atoms with Gasteiger partial charge in [-0.25, -0.2) is 0 Å². The molecule has 0 fully saturated rings. The number of hydrogen-bond acceptors (Lipinski definition) is 3. The highest BCUT2D eigenvalue weighted by molar-refractivity contribution is 5.54. The Balaban J connectivity index is 1.57. The molecule has 1 aliphatic rings. The number of fused-ring (bicyclic) bond motifs is 1. The second-order valence-corrected chi connectivity index (χ2v) is 6.37. The molecular formula is C22H20O3. The van der Waals surface area contributed by atoms with Gasteiger partial charge < -0.3 is 14.6 Å². The maximum absolute atomic E-state index is 10.3. The standard InChI is InChI=1S/C22H20O3/c1-15-18-12-19(23)21(24-14-16-8-4-2-5-9-16)13-20(18)25-22(15)17-10-6-3-7-11-17/h2-13,15,22-23H,14H2,1H3/t15-,22-/m0/s1. The highest BCUT2D eigenvalue weighted by atomic mass is 16.5. The summed E-state index contributed by atoms with van der Waals surface area (Å²) in [6.45, 7) is 2.53. The van der Waals surface area contributed by atoms with E-state index in [0.717, 1.165) is 22.4 Å². The lowest BCUT2D eigenvalue weighted by Crippen LogP contribution is -2.06. The number of aromatic hydroxyl groups is 1. The summed E-state index contributed by atoms with van der Waals surface area (Å²) in [6.07, 6.45) is -0.0417. The van der Waals surface area contributed by atoms with Crippen LogP contribution < -0.4 is 9.47 Å². The molecule has 0 aromatic heterocycles. The van der Waals surface area contributed by atoms with E-state index >= 15 is 0 Å². The van der Waals surface area contributed by atoms with E-state index in [4.69, 9.17) is 9.47 Å². The molecule has 3 heteroatoms. The highest BCUT2D eigenvalue weighted by Gasteiger charge is 2.33. The van der Waals surface area contributed by atoms with Crippen molar-refractivity contribution in [3.8, 4) is 17.2 Å². The Morgan fingerprint density at radius 1 is 0.960 bits per heavy atom. The summed E-state index contributed by atoms with van der Waals surface area (Å²) in [4.78, 5) is 0. The average molecular weight is 332 g/mol. The fraction of sp³-hybridized carbons (Fsp3) is 0.182. The third-order valence-electron chi connectivity index (χ3n) is 4.66. The van der Waals surface area contributed by atoms with E-state index in [9.17, 15) is 5.11 Å². The predicted molar refractivity (Wildman–Crippen MR) is 97.1 cm³/mol. The van der Waals surface area contributed by atoms with Crippen molar-refractivity contribution < 1.29 is 14.6 Å². The molecule has 0 unspecified atom stereocenters. The van der Waals surface area contributed by atoms with Crippen LogP contribution >= 0.6 is 0 Å². The third-order valence-corrected chi connectivity index (χ3v) is 4.66. The van der Waals surface area contributed by atoms with Crippen molar-refractivity contribution in [1.82, 2.24) is 0 Å². The Hall–Kier alpha value is -2.94. The number of ether oxygens (including phenoxy) is 2. The van der Waals surface area contributed by atoms with Gasteiger partial charge in [0.1, 0.15) is 18.5 Å². The van der Waals surface area contributed by atoms with Crippen LogP contribution in [0.4, 0.5) is 0 Å². The van der Waals surface area contributed by atoms with Crippen LogP contribution in [0.2, 0.25) is 0 Å². The molecule has 1 heterocycles. The summed E-state index contributed by atoms with van der Waals surface area (Å²) >= 11 is 0. The molecule has 0 amide bonds. The monoisotopic (exact) mass is 332 g/mol. The van der Waals surface area contributed by atoms with Gasteiger partial charge in [-0.2, -0.15) is 0 Å². The Morgan fingerprint density at radius 3 is 2.36 bits per heavy atom. The van der Waals surface area contributed by atoms with Crippen LogP contribution in [-0.4, -0.2) is 5.11 Å². The van der Waals surface area contributed by atoms with E-state index < -0.39 is 0 Å². The zero-order valence-electron chi connectivity index (χ0n) is 14.1. The van der Waals surface area contributed by atoms with Gasteiger partial charge in [-0.3, -0.25) is 0 Å². The molecule has 25 heavy (non-hydrogen) atoms. The van der Waals surface area contributed by atoms with Gasteiger partial charge in [0.15, 0.2) is 11.5 Å². The van der Waals surface area contributed by atoms with Gasteiger partial charge in [0.2, 0.25) is 0 Å². The van der Waals surface area contributed by atoms with Crippen LogP contribution in [-0.2, 0) is 6.61 Å². The second kappa shape index (κ2) is 6.52. The molecule has 1 aliphatic heterocycles. The third kappa shape index (κ3) is 3.05. The number of hydrogen-bond donors (Lipinski definition) is 1. The molecule has 3 aromatic carbocycles. The lowest BCUT2D eigenvalue weighted by atomic mass is 9.93. The van der Waals surface area contributed by atoms with Crippen molar-refractivity contribution in [2.45, 2.75) is 25.6 Å². The summed E-state index contributed by atoms with van der Waals surface area (Å²) in [5.41, 5.74) is 3.20. The summed E-state index contributed by atoms with van der Waals surface area (Å²) in [5, 5.41) is 10.3. The quantitative estimate of drug-likeness (QED) is 0.713. The highest BCUT2D eigenvalue weighted by Crippen LogP contribution is 2.49. The maximum Gasteiger partial charge on any atom is 0.165 e. The molecule has 126 valence electrons. The molecule has 0 saturated carbocycles. The van der Waals surface area contributed by atoms with Gasteiger partial charge in [0.05, 0.1) is 0 Å². The Kier molecular flexibility index (Phi) is 4.06. The molecule has 0 radical (unpaired) electrons. The zero-order chi connectivity index (χ0) is 17.2.